The Labute approximate surface area is 105 Å². The lowest BCUT2D eigenvalue weighted by molar-refractivity contribution is -0.122. The predicted octanol–water partition coefficient (Wildman–Crippen LogP) is 2.77. The summed E-state index contributed by atoms with van der Waals surface area (Å²) in [4.78, 5) is 18.6. The van der Waals surface area contributed by atoms with E-state index in [-0.39, 0.29) is 6.47 Å². The molecule has 2 aromatic carbocycles. The molecule has 4 heteroatoms. The molecule has 94 valence electrons. The number of hydrogen-bond acceptors (Lipinski definition) is 2. The fourth-order valence-electron chi connectivity index (χ4n) is 0.966. The summed E-state index contributed by atoms with van der Waals surface area (Å²) in [5.41, 5.74) is 0.331. The van der Waals surface area contributed by atoms with Gasteiger partial charge < -0.3 is 10.2 Å². The lowest BCUT2D eigenvalue weighted by atomic mass is 10.2. The zero-order valence-electron chi connectivity index (χ0n) is 9.64. The Morgan fingerprint density at radius 3 is 1.33 bits per heavy atom. The number of hydrogen-bond donors (Lipinski definition) is 2. The molecule has 2 rings (SSSR count). The summed E-state index contributed by atoms with van der Waals surface area (Å²) in [5.74, 6) is -0.879. The summed E-state index contributed by atoms with van der Waals surface area (Å²) in [5, 5.41) is 15.3. The van der Waals surface area contributed by atoms with Crippen LogP contribution in [0.5, 0.6) is 0 Å². The lowest BCUT2D eigenvalue weighted by Gasteiger charge is -1.88. The van der Waals surface area contributed by atoms with E-state index in [1.807, 2.05) is 36.4 Å². The maximum Gasteiger partial charge on any atom is 0.335 e. The van der Waals surface area contributed by atoms with E-state index in [4.69, 9.17) is 15.0 Å². The summed E-state index contributed by atoms with van der Waals surface area (Å²) in [6, 6.07) is 20.3. The normalized spacial score (nSPS) is 7.78. The van der Waals surface area contributed by atoms with Crippen molar-refractivity contribution >= 4 is 12.4 Å². The highest BCUT2D eigenvalue weighted by Crippen LogP contribution is 1.96. The van der Waals surface area contributed by atoms with Crippen molar-refractivity contribution in [2.75, 3.05) is 0 Å². The number of aromatic carboxylic acids is 1. The van der Waals surface area contributed by atoms with E-state index < -0.39 is 5.97 Å². The molecule has 2 N–H and O–H groups in total. The summed E-state index contributed by atoms with van der Waals surface area (Å²) < 4.78 is 0. The van der Waals surface area contributed by atoms with Gasteiger partial charge in [-0.15, -0.1) is 0 Å². The fourth-order valence-corrected chi connectivity index (χ4v) is 0.966. The highest BCUT2D eigenvalue weighted by Gasteiger charge is 1.96. The van der Waals surface area contributed by atoms with Crippen LogP contribution in [0.15, 0.2) is 66.7 Å². The largest absolute Gasteiger partial charge is 0.483 e. The topological polar surface area (TPSA) is 74.6 Å². The predicted molar refractivity (Wildman–Crippen MR) is 68.5 cm³/mol. The van der Waals surface area contributed by atoms with E-state index in [1.54, 1.807) is 30.3 Å². The maximum atomic E-state index is 10.2. The number of carboxylic acid groups (broad SMARTS) is 2. The van der Waals surface area contributed by atoms with E-state index in [1.165, 1.54) is 0 Å². The molecular weight excluding hydrogens is 232 g/mol. The van der Waals surface area contributed by atoms with Crippen molar-refractivity contribution in [1.82, 2.24) is 0 Å². The van der Waals surface area contributed by atoms with Crippen molar-refractivity contribution in [3.8, 4) is 0 Å². The van der Waals surface area contributed by atoms with Crippen molar-refractivity contribution in [3.05, 3.63) is 72.3 Å². The van der Waals surface area contributed by atoms with Crippen molar-refractivity contribution in [1.29, 1.82) is 0 Å². The number of carboxylic acids is 1. The van der Waals surface area contributed by atoms with Gasteiger partial charge >= 0.3 is 5.97 Å². The molecule has 2 aromatic rings. The molecule has 4 nitrogen and oxygen atoms in total. The second-order valence-electron chi connectivity index (χ2n) is 2.93. The quantitative estimate of drug-likeness (QED) is 0.759. The highest BCUT2D eigenvalue weighted by molar-refractivity contribution is 5.87. The minimum atomic E-state index is -0.879. The van der Waals surface area contributed by atoms with Gasteiger partial charge in [0, 0.05) is 0 Å². The van der Waals surface area contributed by atoms with E-state index in [9.17, 15) is 4.79 Å². The maximum absolute atomic E-state index is 10.2. The van der Waals surface area contributed by atoms with E-state index in [0.717, 1.165) is 0 Å². The third kappa shape index (κ3) is 8.67. The average molecular weight is 246 g/mol. The third-order valence-electron chi connectivity index (χ3n) is 1.69. The summed E-state index contributed by atoms with van der Waals surface area (Å²) >= 11 is 0. The molecule has 0 heterocycles. The van der Waals surface area contributed by atoms with E-state index >= 15 is 0 Å². The molecule has 0 unspecified atom stereocenters. The Morgan fingerprint density at radius 1 is 0.833 bits per heavy atom. The van der Waals surface area contributed by atoms with Gasteiger partial charge in [0.05, 0.1) is 5.56 Å². The fraction of sp³-hybridized carbons (Fsp3) is 0. The summed E-state index contributed by atoms with van der Waals surface area (Å²) in [6.07, 6.45) is 0. The second-order valence-corrected chi connectivity index (χ2v) is 2.93. The third-order valence-corrected chi connectivity index (χ3v) is 1.69. The zero-order valence-corrected chi connectivity index (χ0v) is 9.64. The van der Waals surface area contributed by atoms with Gasteiger partial charge in [0.25, 0.3) is 6.47 Å². The zero-order chi connectivity index (χ0) is 13.6. The second kappa shape index (κ2) is 10.9. The number of rotatable bonds is 1. The molecule has 0 spiro atoms. The number of carbonyl (C=O) groups is 2. The van der Waals surface area contributed by atoms with Gasteiger partial charge in [-0.3, -0.25) is 4.79 Å². The molecular formula is C14H14O4. The van der Waals surface area contributed by atoms with Crippen molar-refractivity contribution < 1.29 is 19.8 Å². The monoisotopic (exact) mass is 246 g/mol. The molecule has 0 saturated heterocycles. The number of benzene rings is 2. The Morgan fingerprint density at radius 2 is 1.11 bits per heavy atom. The van der Waals surface area contributed by atoms with Crippen molar-refractivity contribution in [2.45, 2.75) is 0 Å². The Hall–Kier alpha value is -2.62. The summed E-state index contributed by atoms with van der Waals surface area (Å²) in [6.45, 7) is -0.250. The highest BCUT2D eigenvalue weighted by atomic mass is 16.4. The van der Waals surface area contributed by atoms with Gasteiger partial charge in [0.2, 0.25) is 0 Å². The minimum Gasteiger partial charge on any atom is -0.483 e. The minimum absolute atomic E-state index is 0.250. The van der Waals surface area contributed by atoms with E-state index in [0.29, 0.717) is 5.56 Å². The van der Waals surface area contributed by atoms with Crippen LogP contribution in [0, 0.1) is 0 Å². The molecule has 0 aliphatic heterocycles. The first-order valence-electron chi connectivity index (χ1n) is 5.08. The van der Waals surface area contributed by atoms with E-state index in [2.05, 4.69) is 0 Å². The SMILES string of the molecule is O=C(O)c1ccccc1.O=CO.c1ccccc1. The standard InChI is InChI=1S/C7H6O2.C6H6.CH2O2/c8-7(9)6-4-2-1-3-5-6;1-2-4-6-5-3-1;2-1-3/h1-5H,(H,8,9);1-6H;1H,(H,2,3). The van der Waals surface area contributed by atoms with Crippen LogP contribution in [0.3, 0.4) is 0 Å². The first kappa shape index (κ1) is 15.4. The van der Waals surface area contributed by atoms with Crippen LogP contribution in [0.25, 0.3) is 0 Å². The average Bonchev–Trinajstić information content (AvgIpc) is 2.43. The Balaban J connectivity index is 0.000000278. The molecule has 0 saturated carbocycles. The van der Waals surface area contributed by atoms with Gasteiger partial charge in [-0.25, -0.2) is 4.79 Å². The molecule has 0 atom stereocenters. The smallest absolute Gasteiger partial charge is 0.335 e. The first-order valence-corrected chi connectivity index (χ1v) is 5.08. The Kier molecular flexibility index (Phi) is 9.30. The van der Waals surface area contributed by atoms with Gasteiger partial charge in [-0.2, -0.15) is 0 Å². The van der Waals surface area contributed by atoms with Gasteiger partial charge in [-0.05, 0) is 12.1 Å². The molecule has 0 aliphatic rings. The van der Waals surface area contributed by atoms with Crippen LogP contribution in [-0.4, -0.2) is 22.7 Å². The first-order chi connectivity index (χ1) is 8.72. The van der Waals surface area contributed by atoms with Gasteiger partial charge in [0.1, 0.15) is 0 Å². The molecule has 0 aliphatic carbocycles. The lowest BCUT2D eigenvalue weighted by Crippen LogP contribution is -1.93. The Bertz CT molecular complexity index is 399. The summed E-state index contributed by atoms with van der Waals surface area (Å²) in [7, 11) is 0. The molecule has 0 aromatic heterocycles. The van der Waals surface area contributed by atoms with Crippen LogP contribution >= 0.6 is 0 Å². The van der Waals surface area contributed by atoms with Crippen LogP contribution < -0.4 is 0 Å². The molecule has 0 fully saturated rings. The van der Waals surface area contributed by atoms with Gasteiger partial charge in [0.15, 0.2) is 0 Å². The van der Waals surface area contributed by atoms with Crippen LogP contribution in [0.4, 0.5) is 0 Å². The molecule has 18 heavy (non-hydrogen) atoms. The van der Waals surface area contributed by atoms with Crippen LogP contribution in [-0.2, 0) is 4.79 Å². The van der Waals surface area contributed by atoms with Crippen LogP contribution in [0.1, 0.15) is 10.4 Å². The molecule has 0 bridgehead atoms. The van der Waals surface area contributed by atoms with Crippen LogP contribution in [0.2, 0.25) is 0 Å². The molecule has 0 amide bonds. The van der Waals surface area contributed by atoms with Gasteiger partial charge in [-0.1, -0.05) is 54.6 Å². The van der Waals surface area contributed by atoms with Crippen molar-refractivity contribution in [2.24, 2.45) is 0 Å². The van der Waals surface area contributed by atoms with Crippen molar-refractivity contribution in [3.63, 3.8) is 0 Å². The molecule has 0 radical (unpaired) electrons.